The van der Waals surface area contributed by atoms with E-state index in [1.807, 2.05) is 32.9 Å². The number of hydrogen-bond acceptors (Lipinski definition) is 5. The first-order valence-corrected chi connectivity index (χ1v) is 9.17. The molecule has 1 aromatic rings. The summed E-state index contributed by atoms with van der Waals surface area (Å²) in [5.41, 5.74) is 1.58. The summed E-state index contributed by atoms with van der Waals surface area (Å²) >= 11 is 4.57. The maximum atomic E-state index is 12.1. The number of anilines is 1. The Hall–Kier alpha value is -1.67. The van der Waals surface area contributed by atoms with E-state index in [0.29, 0.717) is 16.8 Å². The largest absolute Gasteiger partial charge is 0.326 e. The molecule has 1 heterocycles. The van der Waals surface area contributed by atoms with Crippen LogP contribution in [0.4, 0.5) is 5.69 Å². The normalized spacial score (nSPS) is 19.7. The van der Waals surface area contributed by atoms with Crippen molar-refractivity contribution in [1.29, 1.82) is 0 Å². The van der Waals surface area contributed by atoms with Crippen molar-refractivity contribution in [2.24, 2.45) is 16.1 Å². The third-order valence-electron chi connectivity index (χ3n) is 3.41. The van der Waals surface area contributed by atoms with Gasteiger partial charge in [0.15, 0.2) is 5.17 Å². The van der Waals surface area contributed by atoms with Gasteiger partial charge in [-0.2, -0.15) is 5.10 Å². The van der Waals surface area contributed by atoms with Crippen LogP contribution in [-0.4, -0.2) is 27.9 Å². The molecule has 0 aromatic heterocycles. The first kappa shape index (κ1) is 18.7. The van der Waals surface area contributed by atoms with Crippen LogP contribution in [0, 0.1) is 5.92 Å². The number of nitrogens with zero attached hydrogens (tertiary/aromatic N) is 2. The maximum Gasteiger partial charge on any atom is 0.240 e. The van der Waals surface area contributed by atoms with Crippen molar-refractivity contribution in [2.75, 3.05) is 5.32 Å². The predicted molar refractivity (Wildman–Crippen MR) is 102 cm³/mol. The highest BCUT2D eigenvalue weighted by atomic mass is 79.9. The third-order valence-corrected chi connectivity index (χ3v) is 5.01. The molecule has 1 fully saturated rings. The second-order valence-electron chi connectivity index (χ2n) is 5.66. The standard InChI is InChI=1S/C16H19BrN4O2S/c1-9(2)10(3)20-21-16-19-15(23)13(24-16)8-14(22)18-12-6-4-11(17)5-7-12/h4-7,9,13H,8H2,1-3H3,(H,18,22)(H,19,21,23)/b20-10-/t13-/m1/s1. The monoisotopic (exact) mass is 410 g/mol. The fourth-order valence-corrected chi connectivity index (χ4v) is 2.92. The molecule has 1 aliphatic heterocycles. The van der Waals surface area contributed by atoms with Gasteiger partial charge in [0.05, 0.1) is 0 Å². The Morgan fingerprint density at radius 1 is 1.38 bits per heavy atom. The van der Waals surface area contributed by atoms with Crippen molar-refractivity contribution in [3.8, 4) is 0 Å². The number of thioether (sulfide) groups is 1. The fraction of sp³-hybridized carbons (Fsp3) is 0.375. The maximum absolute atomic E-state index is 12.1. The third kappa shape index (κ3) is 5.45. The van der Waals surface area contributed by atoms with E-state index in [1.54, 1.807) is 12.1 Å². The highest BCUT2D eigenvalue weighted by Gasteiger charge is 2.32. The average molecular weight is 411 g/mol. The topological polar surface area (TPSA) is 82.9 Å². The molecule has 1 atom stereocenters. The molecule has 1 aromatic carbocycles. The van der Waals surface area contributed by atoms with Crippen LogP contribution in [-0.2, 0) is 9.59 Å². The lowest BCUT2D eigenvalue weighted by Gasteiger charge is -2.07. The van der Waals surface area contributed by atoms with E-state index >= 15 is 0 Å². The number of amidine groups is 1. The summed E-state index contributed by atoms with van der Waals surface area (Å²) in [6.07, 6.45) is 0.0818. The Morgan fingerprint density at radius 3 is 2.67 bits per heavy atom. The van der Waals surface area contributed by atoms with Crippen LogP contribution in [0.3, 0.4) is 0 Å². The summed E-state index contributed by atoms with van der Waals surface area (Å²) in [5, 5.41) is 13.5. The Labute approximate surface area is 153 Å². The van der Waals surface area contributed by atoms with Crippen molar-refractivity contribution >= 4 is 56.1 Å². The molecule has 0 bridgehead atoms. The van der Waals surface area contributed by atoms with Crippen LogP contribution in [0.1, 0.15) is 27.2 Å². The van der Waals surface area contributed by atoms with Gasteiger partial charge in [0.25, 0.3) is 0 Å². The zero-order chi connectivity index (χ0) is 17.7. The number of amides is 2. The Bertz CT molecular complexity index is 686. The number of hydrogen-bond donors (Lipinski definition) is 2. The lowest BCUT2D eigenvalue weighted by atomic mass is 10.1. The molecular weight excluding hydrogens is 392 g/mol. The average Bonchev–Trinajstić information content (AvgIpc) is 2.87. The summed E-state index contributed by atoms with van der Waals surface area (Å²) in [4.78, 5) is 24.0. The van der Waals surface area contributed by atoms with Gasteiger partial charge in [-0.25, -0.2) is 0 Å². The van der Waals surface area contributed by atoms with Gasteiger partial charge in [-0.05, 0) is 37.1 Å². The van der Waals surface area contributed by atoms with Crippen molar-refractivity contribution in [2.45, 2.75) is 32.4 Å². The van der Waals surface area contributed by atoms with E-state index in [2.05, 4.69) is 36.8 Å². The SMILES string of the molecule is C/C(=N/N=C1\NC(=O)[C@@H](CC(=O)Nc2ccc(Br)cc2)S1)C(C)C. The van der Waals surface area contributed by atoms with Gasteiger partial charge in [0.1, 0.15) is 5.25 Å². The molecule has 0 aliphatic carbocycles. The Morgan fingerprint density at radius 2 is 2.04 bits per heavy atom. The summed E-state index contributed by atoms with van der Waals surface area (Å²) in [6.45, 7) is 5.93. The van der Waals surface area contributed by atoms with E-state index < -0.39 is 5.25 Å². The van der Waals surface area contributed by atoms with Gasteiger partial charge in [0.2, 0.25) is 11.8 Å². The van der Waals surface area contributed by atoms with Gasteiger partial charge in [-0.3, -0.25) is 9.59 Å². The van der Waals surface area contributed by atoms with E-state index in [-0.39, 0.29) is 18.2 Å². The lowest BCUT2D eigenvalue weighted by Crippen LogP contribution is -2.28. The second-order valence-corrected chi connectivity index (χ2v) is 7.76. The number of halogens is 1. The molecule has 0 radical (unpaired) electrons. The van der Waals surface area contributed by atoms with Gasteiger partial charge in [-0.1, -0.05) is 41.5 Å². The smallest absolute Gasteiger partial charge is 0.240 e. The molecule has 6 nitrogen and oxygen atoms in total. The van der Waals surface area contributed by atoms with Crippen LogP contribution in [0.25, 0.3) is 0 Å². The number of benzene rings is 1. The minimum atomic E-state index is -0.492. The lowest BCUT2D eigenvalue weighted by molar-refractivity contribution is -0.122. The van der Waals surface area contributed by atoms with E-state index in [9.17, 15) is 9.59 Å². The minimum Gasteiger partial charge on any atom is -0.326 e. The molecule has 2 N–H and O–H groups in total. The van der Waals surface area contributed by atoms with Crippen molar-refractivity contribution in [3.05, 3.63) is 28.7 Å². The van der Waals surface area contributed by atoms with E-state index in [0.717, 1.165) is 10.2 Å². The number of carbonyl (C=O) groups excluding carboxylic acids is 2. The quantitative estimate of drug-likeness (QED) is 0.576. The van der Waals surface area contributed by atoms with Crippen molar-refractivity contribution < 1.29 is 9.59 Å². The van der Waals surface area contributed by atoms with Crippen LogP contribution in [0.5, 0.6) is 0 Å². The highest BCUT2D eigenvalue weighted by Crippen LogP contribution is 2.23. The van der Waals surface area contributed by atoms with Gasteiger partial charge < -0.3 is 10.6 Å². The van der Waals surface area contributed by atoms with Gasteiger partial charge >= 0.3 is 0 Å². The molecule has 128 valence electrons. The predicted octanol–water partition coefficient (Wildman–Crippen LogP) is 3.40. The number of rotatable bonds is 5. The van der Waals surface area contributed by atoms with Crippen LogP contribution in [0.2, 0.25) is 0 Å². The molecule has 8 heteroatoms. The first-order chi connectivity index (χ1) is 11.3. The van der Waals surface area contributed by atoms with Crippen LogP contribution in [0.15, 0.2) is 38.9 Å². The van der Waals surface area contributed by atoms with Crippen molar-refractivity contribution in [3.63, 3.8) is 0 Å². The van der Waals surface area contributed by atoms with Crippen LogP contribution >= 0.6 is 27.7 Å². The molecule has 0 spiro atoms. The van der Waals surface area contributed by atoms with E-state index in [1.165, 1.54) is 11.8 Å². The summed E-state index contributed by atoms with van der Waals surface area (Å²) in [6, 6.07) is 7.26. The Balaban J connectivity index is 1.92. The van der Waals surface area contributed by atoms with Gasteiger partial charge in [0, 0.05) is 22.3 Å². The number of carbonyl (C=O) groups is 2. The molecule has 2 rings (SSSR count). The fourth-order valence-electron chi connectivity index (χ4n) is 1.74. The Kier molecular flexibility index (Phi) is 6.56. The minimum absolute atomic E-state index is 0.0818. The molecule has 0 unspecified atom stereocenters. The summed E-state index contributed by atoms with van der Waals surface area (Å²) in [7, 11) is 0. The first-order valence-electron chi connectivity index (χ1n) is 7.50. The van der Waals surface area contributed by atoms with Crippen LogP contribution < -0.4 is 10.6 Å². The number of nitrogens with one attached hydrogen (secondary N) is 2. The molecule has 1 aliphatic rings. The molecule has 24 heavy (non-hydrogen) atoms. The summed E-state index contributed by atoms with van der Waals surface area (Å²) in [5.74, 6) is -0.140. The molecule has 0 saturated carbocycles. The van der Waals surface area contributed by atoms with Gasteiger partial charge in [-0.15, -0.1) is 5.10 Å². The van der Waals surface area contributed by atoms with E-state index in [4.69, 9.17) is 0 Å². The molecule has 2 amide bonds. The summed E-state index contributed by atoms with van der Waals surface area (Å²) < 4.78 is 0.935. The highest BCUT2D eigenvalue weighted by molar-refractivity contribution is 9.10. The second kappa shape index (κ2) is 8.43. The zero-order valence-corrected chi connectivity index (χ0v) is 16.1. The zero-order valence-electron chi connectivity index (χ0n) is 13.7. The molecule has 1 saturated heterocycles. The van der Waals surface area contributed by atoms with Crippen molar-refractivity contribution in [1.82, 2.24) is 5.32 Å². The molecular formula is C16H19BrN4O2S.